The molecule has 1 aromatic heterocycles. The average molecular weight is 405 g/mol. The number of carbonyl (C=O) groups excluding carboxylic acids is 2. The first kappa shape index (κ1) is 20.9. The van der Waals surface area contributed by atoms with Gasteiger partial charge >= 0.3 is 6.09 Å². The Morgan fingerprint density at radius 2 is 1.63 bits per heavy atom. The quantitative estimate of drug-likeness (QED) is 0.618. The van der Waals surface area contributed by atoms with E-state index in [-0.39, 0.29) is 12.5 Å². The molecule has 30 heavy (non-hydrogen) atoms. The Hall–Kier alpha value is -3.87. The largest absolute Gasteiger partial charge is 0.497 e. The Bertz CT molecular complexity index is 984. The van der Waals surface area contributed by atoms with Crippen molar-refractivity contribution in [3.63, 3.8) is 0 Å². The number of aryl methyl sites for hydroxylation is 1. The molecule has 0 aliphatic rings. The lowest BCUT2D eigenvalue weighted by Crippen LogP contribution is -2.23. The highest BCUT2D eigenvalue weighted by Crippen LogP contribution is 2.13. The third-order valence-corrected chi connectivity index (χ3v) is 4.36. The number of hydrogen-bond acceptors (Lipinski definition) is 5. The van der Waals surface area contributed by atoms with Crippen LogP contribution < -0.4 is 15.4 Å². The normalized spacial score (nSPS) is 10.2. The molecule has 0 saturated heterocycles. The number of aromatic nitrogens is 1. The molecule has 0 unspecified atom stereocenters. The number of carbonyl (C=O) groups is 2. The highest BCUT2D eigenvalue weighted by molar-refractivity contribution is 5.93. The molecule has 3 aromatic rings. The van der Waals surface area contributed by atoms with E-state index in [2.05, 4.69) is 15.6 Å². The number of nitrogens with zero attached hydrogens (tertiary/aromatic N) is 1. The van der Waals surface area contributed by atoms with Gasteiger partial charge in [0, 0.05) is 24.1 Å². The first-order chi connectivity index (χ1) is 14.5. The maximum Gasteiger partial charge on any atom is 0.411 e. The molecule has 154 valence electrons. The second-order valence-corrected chi connectivity index (χ2v) is 6.62. The molecule has 0 saturated carbocycles. The van der Waals surface area contributed by atoms with E-state index in [0.717, 1.165) is 22.6 Å². The van der Waals surface area contributed by atoms with Crippen molar-refractivity contribution in [2.75, 3.05) is 12.4 Å². The van der Waals surface area contributed by atoms with Crippen LogP contribution in [-0.4, -0.2) is 24.1 Å². The van der Waals surface area contributed by atoms with Crippen LogP contribution in [0.4, 0.5) is 10.5 Å². The lowest BCUT2D eigenvalue weighted by Gasteiger charge is -2.09. The van der Waals surface area contributed by atoms with Crippen molar-refractivity contribution in [3.8, 4) is 5.75 Å². The Morgan fingerprint density at radius 3 is 2.27 bits per heavy atom. The summed E-state index contributed by atoms with van der Waals surface area (Å²) in [5, 5.41) is 5.52. The van der Waals surface area contributed by atoms with E-state index in [9.17, 15) is 9.59 Å². The number of hydrogen-bond donors (Lipinski definition) is 2. The van der Waals surface area contributed by atoms with Crippen LogP contribution in [-0.2, 0) is 17.9 Å². The molecular formula is C23H23N3O4. The van der Waals surface area contributed by atoms with Crippen LogP contribution in [0.3, 0.4) is 0 Å². The molecule has 7 nitrogen and oxygen atoms in total. The van der Waals surface area contributed by atoms with E-state index in [4.69, 9.17) is 9.47 Å². The summed E-state index contributed by atoms with van der Waals surface area (Å²) in [4.78, 5) is 28.2. The van der Waals surface area contributed by atoms with Crippen LogP contribution in [0.1, 0.15) is 27.2 Å². The highest BCUT2D eigenvalue weighted by Gasteiger charge is 2.07. The fourth-order valence-corrected chi connectivity index (χ4v) is 2.62. The summed E-state index contributed by atoms with van der Waals surface area (Å²) in [5.41, 5.74) is 3.74. The summed E-state index contributed by atoms with van der Waals surface area (Å²) in [6, 6.07) is 18.0. The van der Waals surface area contributed by atoms with Gasteiger partial charge in [-0.05, 0) is 54.4 Å². The van der Waals surface area contributed by atoms with E-state index in [1.165, 1.54) is 0 Å². The predicted molar refractivity (Wildman–Crippen MR) is 113 cm³/mol. The van der Waals surface area contributed by atoms with Crippen molar-refractivity contribution in [3.05, 3.63) is 89.2 Å². The Kier molecular flexibility index (Phi) is 7.00. The van der Waals surface area contributed by atoms with Crippen molar-refractivity contribution >= 4 is 17.7 Å². The molecule has 7 heteroatoms. The predicted octanol–water partition coefficient (Wildman–Crippen LogP) is 4.08. The van der Waals surface area contributed by atoms with Crippen molar-refractivity contribution in [1.82, 2.24) is 10.3 Å². The summed E-state index contributed by atoms with van der Waals surface area (Å²) < 4.78 is 10.3. The van der Waals surface area contributed by atoms with Crippen LogP contribution >= 0.6 is 0 Å². The molecule has 0 atom stereocenters. The number of benzene rings is 2. The molecule has 2 N–H and O–H groups in total. The van der Waals surface area contributed by atoms with E-state index in [0.29, 0.717) is 17.8 Å². The van der Waals surface area contributed by atoms with Gasteiger partial charge in [0.05, 0.1) is 12.7 Å². The maximum absolute atomic E-state index is 12.1. The highest BCUT2D eigenvalue weighted by atomic mass is 16.5. The first-order valence-electron chi connectivity index (χ1n) is 9.40. The van der Waals surface area contributed by atoms with Crippen LogP contribution in [0.15, 0.2) is 66.9 Å². The topological polar surface area (TPSA) is 89.5 Å². The minimum absolute atomic E-state index is 0.161. The van der Waals surface area contributed by atoms with Gasteiger partial charge in [-0.2, -0.15) is 0 Å². The Labute approximate surface area is 175 Å². The monoisotopic (exact) mass is 405 g/mol. The van der Waals surface area contributed by atoms with Gasteiger partial charge in [-0.3, -0.25) is 15.1 Å². The number of pyridine rings is 1. The number of nitrogens with one attached hydrogen (secondary N) is 2. The van der Waals surface area contributed by atoms with Crippen molar-refractivity contribution in [2.24, 2.45) is 0 Å². The molecule has 0 aliphatic heterocycles. The lowest BCUT2D eigenvalue weighted by molar-refractivity contribution is 0.0950. The second kappa shape index (κ2) is 10.1. The van der Waals surface area contributed by atoms with Gasteiger partial charge in [0.2, 0.25) is 0 Å². The van der Waals surface area contributed by atoms with Crippen molar-refractivity contribution in [1.29, 1.82) is 0 Å². The SMILES string of the molecule is COc1ccc(COC(=O)Nc2ccc(CNC(=O)c3ccc(C)nc3)cc2)cc1. The minimum atomic E-state index is -0.543. The van der Waals surface area contributed by atoms with Crippen LogP contribution in [0, 0.1) is 6.92 Å². The van der Waals surface area contributed by atoms with Crippen molar-refractivity contribution < 1.29 is 19.1 Å². The van der Waals surface area contributed by atoms with E-state index in [1.54, 1.807) is 37.6 Å². The first-order valence-corrected chi connectivity index (χ1v) is 9.40. The fraction of sp³-hybridized carbons (Fsp3) is 0.174. The van der Waals surface area contributed by atoms with Crippen molar-refractivity contribution in [2.45, 2.75) is 20.1 Å². The number of anilines is 1. The molecule has 2 amide bonds. The number of ether oxygens (including phenoxy) is 2. The van der Waals surface area contributed by atoms with Crippen LogP contribution in [0.5, 0.6) is 5.75 Å². The molecular weight excluding hydrogens is 382 g/mol. The number of methoxy groups -OCH3 is 1. The van der Waals surface area contributed by atoms with Gasteiger partial charge in [-0.25, -0.2) is 4.79 Å². The third kappa shape index (κ3) is 6.07. The zero-order valence-corrected chi connectivity index (χ0v) is 16.8. The maximum atomic E-state index is 12.1. The molecule has 2 aromatic carbocycles. The van der Waals surface area contributed by atoms with E-state index in [1.807, 2.05) is 43.3 Å². The molecule has 0 radical (unpaired) electrons. The molecule has 3 rings (SSSR count). The molecule has 0 bridgehead atoms. The summed E-state index contributed by atoms with van der Waals surface area (Å²) in [6.07, 6.45) is 1.01. The van der Waals surface area contributed by atoms with Gasteiger partial charge in [-0.1, -0.05) is 24.3 Å². The molecule has 1 heterocycles. The summed E-state index contributed by atoms with van der Waals surface area (Å²) in [5.74, 6) is 0.557. The number of rotatable bonds is 7. The smallest absolute Gasteiger partial charge is 0.411 e. The van der Waals surface area contributed by atoms with E-state index < -0.39 is 6.09 Å². The zero-order chi connectivity index (χ0) is 21.3. The van der Waals surface area contributed by atoms with Gasteiger partial charge < -0.3 is 14.8 Å². The third-order valence-electron chi connectivity index (χ3n) is 4.36. The lowest BCUT2D eigenvalue weighted by atomic mass is 10.2. The number of amides is 2. The molecule has 0 spiro atoms. The van der Waals surface area contributed by atoms with E-state index >= 15 is 0 Å². The van der Waals surface area contributed by atoms with Crippen LogP contribution in [0.2, 0.25) is 0 Å². The van der Waals surface area contributed by atoms with Gasteiger partial charge in [0.15, 0.2) is 0 Å². The van der Waals surface area contributed by atoms with Crippen LogP contribution in [0.25, 0.3) is 0 Å². The van der Waals surface area contributed by atoms with Gasteiger partial charge in [-0.15, -0.1) is 0 Å². The minimum Gasteiger partial charge on any atom is -0.497 e. The molecule has 0 aliphatic carbocycles. The summed E-state index contributed by atoms with van der Waals surface area (Å²) in [6.45, 7) is 2.40. The zero-order valence-electron chi connectivity index (χ0n) is 16.8. The fourth-order valence-electron chi connectivity index (χ4n) is 2.62. The Morgan fingerprint density at radius 1 is 0.933 bits per heavy atom. The standard InChI is InChI=1S/C23H23N3O4/c1-16-3-8-19(14-24-16)22(27)25-13-17-4-9-20(10-5-17)26-23(28)30-15-18-6-11-21(29-2)12-7-18/h3-12,14H,13,15H2,1-2H3,(H,25,27)(H,26,28). The second-order valence-electron chi connectivity index (χ2n) is 6.62. The Balaban J connectivity index is 1.44. The average Bonchev–Trinajstić information content (AvgIpc) is 2.78. The summed E-state index contributed by atoms with van der Waals surface area (Å²) >= 11 is 0. The molecule has 0 fully saturated rings. The van der Waals surface area contributed by atoms with Gasteiger partial charge in [0.1, 0.15) is 12.4 Å². The van der Waals surface area contributed by atoms with Gasteiger partial charge in [0.25, 0.3) is 5.91 Å². The summed E-state index contributed by atoms with van der Waals surface area (Å²) in [7, 11) is 1.60.